The Hall–Kier alpha value is -2.47. The number of imidazole rings is 1. The van der Waals surface area contributed by atoms with Crippen LogP contribution in [-0.2, 0) is 6.54 Å². The molecule has 0 aliphatic carbocycles. The van der Waals surface area contributed by atoms with Gasteiger partial charge >= 0.3 is 0 Å². The van der Waals surface area contributed by atoms with Crippen LogP contribution in [0.3, 0.4) is 0 Å². The molecule has 0 saturated heterocycles. The SMILES string of the molecule is NCc1cn2nc(Nc3ccccn3)ccc2n1. The molecule has 0 spiro atoms. The molecule has 3 N–H and O–H groups in total. The first-order chi connectivity index (χ1) is 8.85. The van der Waals surface area contributed by atoms with E-state index in [0.29, 0.717) is 12.4 Å². The quantitative estimate of drug-likeness (QED) is 0.721. The van der Waals surface area contributed by atoms with E-state index in [1.165, 1.54) is 0 Å². The zero-order valence-corrected chi connectivity index (χ0v) is 9.61. The molecule has 0 saturated carbocycles. The van der Waals surface area contributed by atoms with Gasteiger partial charge in [0.15, 0.2) is 11.5 Å². The third-order valence-corrected chi connectivity index (χ3v) is 2.50. The fourth-order valence-electron chi connectivity index (χ4n) is 1.66. The van der Waals surface area contributed by atoms with Crippen LogP contribution in [0.25, 0.3) is 5.65 Å². The monoisotopic (exact) mass is 240 g/mol. The van der Waals surface area contributed by atoms with Crippen molar-refractivity contribution >= 4 is 17.3 Å². The van der Waals surface area contributed by atoms with E-state index in [-0.39, 0.29) is 0 Å². The van der Waals surface area contributed by atoms with Gasteiger partial charge in [-0.3, -0.25) is 0 Å². The normalized spacial score (nSPS) is 10.7. The first-order valence-corrected chi connectivity index (χ1v) is 5.58. The van der Waals surface area contributed by atoms with E-state index in [0.717, 1.165) is 17.2 Å². The van der Waals surface area contributed by atoms with Crippen molar-refractivity contribution in [2.75, 3.05) is 5.32 Å². The van der Waals surface area contributed by atoms with Crippen LogP contribution in [0.4, 0.5) is 11.6 Å². The number of anilines is 2. The van der Waals surface area contributed by atoms with E-state index in [4.69, 9.17) is 5.73 Å². The first-order valence-electron chi connectivity index (χ1n) is 5.58. The van der Waals surface area contributed by atoms with E-state index < -0.39 is 0 Å². The summed E-state index contributed by atoms with van der Waals surface area (Å²) in [5.41, 5.74) is 7.14. The summed E-state index contributed by atoms with van der Waals surface area (Å²) in [6, 6.07) is 9.41. The van der Waals surface area contributed by atoms with Crippen LogP contribution in [0, 0.1) is 0 Å². The molecule has 0 unspecified atom stereocenters. The number of pyridine rings is 1. The van der Waals surface area contributed by atoms with Gasteiger partial charge in [-0.25, -0.2) is 14.5 Å². The second kappa shape index (κ2) is 4.42. The third kappa shape index (κ3) is 2.01. The maximum atomic E-state index is 5.55. The highest BCUT2D eigenvalue weighted by Gasteiger charge is 2.02. The van der Waals surface area contributed by atoms with E-state index in [9.17, 15) is 0 Å². The zero-order valence-electron chi connectivity index (χ0n) is 9.61. The molecule has 6 nitrogen and oxygen atoms in total. The highest BCUT2D eigenvalue weighted by atomic mass is 15.3. The number of nitrogens with one attached hydrogen (secondary N) is 1. The Labute approximate surface area is 103 Å². The molecule has 6 heteroatoms. The standard InChI is InChI=1S/C12H12N6/c13-7-9-8-18-12(15-9)5-4-11(17-18)16-10-3-1-2-6-14-10/h1-6,8H,7,13H2,(H,14,16,17). The minimum Gasteiger partial charge on any atom is -0.325 e. The number of nitrogens with two attached hydrogens (primary N) is 1. The van der Waals surface area contributed by atoms with Gasteiger partial charge in [0, 0.05) is 12.7 Å². The highest BCUT2D eigenvalue weighted by Crippen LogP contribution is 2.12. The molecular formula is C12H12N6. The van der Waals surface area contributed by atoms with Crippen LogP contribution in [0.2, 0.25) is 0 Å². The molecule has 18 heavy (non-hydrogen) atoms. The summed E-state index contributed by atoms with van der Waals surface area (Å²) in [7, 11) is 0. The Kier molecular flexibility index (Phi) is 2.62. The van der Waals surface area contributed by atoms with Crippen molar-refractivity contribution in [1.29, 1.82) is 0 Å². The van der Waals surface area contributed by atoms with E-state index >= 15 is 0 Å². The van der Waals surface area contributed by atoms with Crippen molar-refractivity contribution in [3.05, 3.63) is 48.4 Å². The Bertz CT molecular complexity index is 661. The molecule has 3 aromatic heterocycles. The maximum Gasteiger partial charge on any atom is 0.153 e. The summed E-state index contributed by atoms with van der Waals surface area (Å²) >= 11 is 0. The topological polar surface area (TPSA) is 81.1 Å². The number of fused-ring (bicyclic) bond motifs is 1. The Morgan fingerprint density at radius 2 is 2.11 bits per heavy atom. The predicted molar refractivity (Wildman–Crippen MR) is 68.4 cm³/mol. The molecule has 0 atom stereocenters. The van der Waals surface area contributed by atoms with Crippen molar-refractivity contribution in [1.82, 2.24) is 19.6 Å². The van der Waals surface area contributed by atoms with Crippen LogP contribution in [-0.4, -0.2) is 19.6 Å². The molecule has 0 aliphatic rings. The number of aromatic nitrogens is 4. The molecule has 0 aliphatic heterocycles. The van der Waals surface area contributed by atoms with Crippen LogP contribution >= 0.6 is 0 Å². The number of rotatable bonds is 3. The average Bonchev–Trinajstić information content (AvgIpc) is 2.82. The molecule has 0 radical (unpaired) electrons. The van der Waals surface area contributed by atoms with Crippen LogP contribution in [0.1, 0.15) is 5.69 Å². The Morgan fingerprint density at radius 3 is 2.89 bits per heavy atom. The lowest BCUT2D eigenvalue weighted by Crippen LogP contribution is -1.99. The fourth-order valence-corrected chi connectivity index (χ4v) is 1.66. The Morgan fingerprint density at radius 1 is 1.17 bits per heavy atom. The molecule has 3 rings (SSSR count). The minimum absolute atomic E-state index is 0.409. The van der Waals surface area contributed by atoms with Gasteiger partial charge in [0.2, 0.25) is 0 Å². The average molecular weight is 240 g/mol. The second-order valence-corrected chi connectivity index (χ2v) is 3.80. The molecule has 0 bridgehead atoms. The lowest BCUT2D eigenvalue weighted by Gasteiger charge is -2.03. The molecule has 90 valence electrons. The Balaban J connectivity index is 1.93. The summed E-state index contributed by atoms with van der Waals surface area (Å²) in [6.45, 7) is 0.409. The number of nitrogens with zero attached hydrogens (tertiary/aromatic N) is 4. The van der Waals surface area contributed by atoms with Crippen LogP contribution in [0.15, 0.2) is 42.7 Å². The van der Waals surface area contributed by atoms with Gasteiger partial charge < -0.3 is 11.1 Å². The summed E-state index contributed by atoms with van der Waals surface area (Å²) in [6.07, 6.45) is 3.55. The van der Waals surface area contributed by atoms with Crippen molar-refractivity contribution in [2.24, 2.45) is 5.73 Å². The van der Waals surface area contributed by atoms with Gasteiger partial charge in [0.25, 0.3) is 0 Å². The van der Waals surface area contributed by atoms with Crippen LogP contribution in [0.5, 0.6) is 0 Å². The lowest BCUT2D eigenvalue weighted by atomic mass is 10.4. The second-order valence-electron chi connectivity index (χ2n) is 3.80. The highest BCUT2D eigenvalue weighted by molar-refractivity contribution is 5.53. The van der Waals surface area contributed by atoms with Crippen molar-refractivity contribution in [2.45, 2.75) is 6.54 Å². The molecule has 0 amide bonds. The smallest absolute Gasteiger partial charge is 0.153 e. The maximum absolute atomic E-state index is 5.55. The van der Waals surface area contributed by atoms with E-state index in [1.54, 1.807) is 10.7 Å². The predicted octanol–water partition coefficient (Wildman–Crippen LogP) is 1.33. The van der Waals surface area contributed by atoms with Gasteiger partial charge in [-0.1, -0.05) is 6.07 Å². The lowest BCUT2D eigenvalue weighted by molar-refractivity contribution is 0.933. The van der Waals surface area contributed by atoms with Crippen LogP contribution < -0.4 is 11.1 Å². The summed E-state index contributed by atoms with van der Waals surface area (Å²) in [5, 5.41) is 7.51. The first kappa shape index (κ1) is 10.7. The molecule has 3 aromatic rings. The van der Waals surface area contributed by atoms with Gasteiger partial charge in [-0.2, -0.15) is 0 Å². The zero-order chi connectivity index (χ0) is 12.4. The van der Waals surface area contributed by atoms with E-state index in [1.807, 2.05) is 36.5 Å². The molecule has 0 aromatic carbocycles. The van der Waals surface area contributed by atoms with Crippen molar-refractivity contribution < 1.29 is 0 Å². The molecular weight excluding hydrogens is 228 g/mol. The van der Waals surface area contributed by atoms with Gasteiger partial charge in [0.05, 0.1) is 11.9 Å². The fraction of sp³-hybridized carbons (Fsp3) is 0.0833. The summed E-state index contributed by atoms with van der Waals surface area (Å²) < 4.78 is 1.70. The minimum atomic E-state index is 0.409. The van der Waals surface area contributed by atoms with Crippen molar-refractivity contribution in [3.63, 3.8) is 0 Å². The molecule has 3 heterocycles. The van der Waals surface area contributed by atoms with Gasteiger partial charge in [-0.05, 0) is 24.3 Å². The van der Waals surface area contributed by atoms with E-state index in [2.05, 4.69) is 20.4 Å². The number of hydrogen-bond donors (Lipinski definition) is 2. The van der Waals surface area contributed by atoms with Gasteiger partial charge in [0.1, 0.15) is 5.82 Å². The summed E-state index contributed by atoms with van der Waals surface area (Å²) in [5.74, 6) is 1.46. The third-order valence-electron chi connectivity index (χ3n) is 2.50. The summed E-state index contributed by atoms with van der Waals surface area (Å²) in [4.78, 5) is 8.49. The molecule has 0 fully saturated rings. The largest absolute Gasteiger partial charge is 0.325 e. The van der Waals surface area contributed by atoms with Gasteiger partial charge in [-0.15, -0.1) is 5.10 Å². The number of hydrogen-bond acceptors (Lipinski definition) is 5. The van der Waals surface area contributed by atoms with Crippen molar-refractivity contribution in [3.8, 4) is 0 Å².